The highest BCUT2D eigenvalue weighted by atomic mass is 16.3. The summed E-state index contributed by atoms with van der Waals surface area (Å²) in [6.07, 6.45) is 5.31. The number of carbonyl (C=O) groups is 2. The van der Waals surface area contributed by atoms with Gasteiger partial charge in [-0.1, -0.05) is 57.0 Å². The molecule has 6 heteroatoms. The lowest BCUT2D eigenvalue weighted by Crippen LogP contribution is -2.49. The van der Waals surface area contributed by atoms with Crippen LogP contribution in [-0.4, -0.2) is 41.5 Å². The van der Waals surface area contributed by atoms with Gasteiger partial charge in [-0.05, 0) is 55.0 Å². The van der Waals surface area contributed by atoms with Crippen LogP contribution in [-0.2, 0) is 11.2 Å². The molecule has 0 saturated heterocycles. The Morgan fingerprint density at radius 2 is 1.83 bits per heavy atom. The van der Waals surface area contributed by atoms with Crippen molar-refractivity contribution in [2.24, 2.45) is 5.41 Å². The van der Waals surface area contributed by atoms with Gasteiger partial charge in [-0.2, -0.15) is 0 Å². The predicted molar refractivity (Wildman–Crippen MR) is 140 cm³/mol. The lowest BCUT2D eigenvalue weighted by molar-refractivity contribution is -0.120. The molecule has 0 bridgehead atoms. The van der Waals surface area contributed by atoms with E-state index in [-0.39, 0.29) is 17.7 Å². The molecule has 35 heavy (non-hydrogen) atoms. The lowest BCUT2D eigenvalue weighted by atomic mass is 9.70. The summed E-state index contributed by atoms with van der Waals surface area (Å²) in [6.45, 7) is 5.77. The Morgan fingerprint density at radius 1 is 1.11 bits per heavy atom. The Balaban J connectivity index is 1.50. The van der Waals surface area contributed by atoms with Gasteiger partial charge >= 0.3 is 0 Å². The van der Waals surface area contributed by atoms with Gasteiger partial charge in [0, 0.05) is 42.2 Å². The third-order valence-electron chi connectivity index (χ3n) is 7.45. The number of aliphatic hydroxyl groups excluding tert-OH is 1. The molecule has 1 saturated carbocycles. The number of rotatable bonds is 9. The van der Waals surface area contributed by atoms with Crippen molar-refractivity contribution >= 4 is 17.4 Å². The number of carbonyl (C=O) groups excluding carboxylic acids is 2. The van der Waals surface area contributed by atoms with E-state index >= 15 is 0 Å². The van der Waals surface area contributed by atoms with E-state index < -0.39 is 17.6 Å². The maximum atomic E-state index is 13.2. The van der Waals surface area contributed by atoms with Crippen LogP contribution in [0.3, 0.4) is 0 Å². The van der Waals surface area contributed by atoms with Crippen molar-refractivity contribution in [2.75, 3.05) is 11.9 Å². The number of amides is 1. The molecule has 188 valence electrons. The molecule has 3 atom stereocenters. The van der Waals surface area contributed by atoms with Crippen molar-refractivity contribution in [3.05, 3.63) is 65.2 Å². The number of anilines is 1. The second-order valence-corrected chi connectivity index (χ2v) is 10.9. The van der Waals surface area contributed by atoms with Gasteiger partial charge in [0.2, 0.25) is 5.91 Å². The Bertz CT molecular complexity index is 1030. The smallest absolute Gasteiger partial charge is 0.217 e. The van der Waals surface area contributed by atoms with Crippen LogP contribution in [0.4, 0.5) is 5.69 Å². The normalized spacial score (nSPS) is 21.3. The number of benzene rings is 2. The van der Waals surface area contributed by atoms with Crippen molar-refractivity contribution in [3.8, 4) is 0 Å². The minimum absolute atomic E-state index is 0.0626. The van der Waals surface area contributed by atoms with Crippen molar-refractivity contribution in [2.45, 2.75) is 83.5 Å². The molecule has 0 radical (unpaired) electrons. The van der Waals surface area contributed by atoms with Crippen molar-refractivity contribution in [3.63, 3.8) is 0 Å². The van der Waals surface area contributed by atoms with Crippen molar-refractivity contribution in [1.82, 2.24) is 10.6 Å². The number of Topliss-reactive ketones (excluding diaryl/α,β-unsaturated/α-hetero) is 1. The van der Waals surface area contributed by atoms with Gasteiger partial charge in [0.25, 0.3) is 0 Å². The lowest BCUT2D eigenvalue weighted by Gasteiger charge is -2.37. The summed E-state index contributed by atoms with van der Waals surface area (Å²) >= 11 is 0. The Labute approximate surface area is 208 Å². The molecule has 0 aromatic heterocycles. The minimum Gasteiger partial charge on any atom is -0.390 e. The largest absolute Gasteiger partial charge is 0.390 e. The fourth-order valence-corrected chi connectivity index (χ4v) is 5.53. The molecular formula is C29H39N3O3. The Hall–Kier alpha value is -2.70. The molecular weight excluding hydrogens is 438 g/mol. The summed E-state index contributed by atoms with van der Waals surface area (Å²) in [7, 11) is 0. The third-order valence-corrected chi connectivity index (χ3v) is 7.45. The average Bonchev–Trinajstić information content (AvgIpc) is 3.33. The van der Waals surface area contributed by atoms with Gasteiger partial charge in [0.05, 0.1) is 12.1 Å². The SMILES string of the molecule is CC(=O)NC(Cc1ccccc1)[C@H](O)CN[C@H]1CC(C)(C)C(=O)c2ccc(NC3CCCC3)cc21. The monoisotopic (exact) mass is 477 g/mol. The molecule has 0 aliphatic heterocycles. The molecule has 1 unspecified atom stereocenters. The van der Waals surface area contributed by atoms with Gasteiger partial charge in [0.15, 0.2) is 5.78 Å². The zero-order chi connectivity index (χ0) is 25.0. The van der Waals surface area contributed by atoms with Crippen LogP contribution in [0, 0.1) is 5.41 Å². The fraction of sp³-hybridized carbons (Fsp3) is 0.517. The standard InChI is InChI=1S/C29H39N3O3/c1-19(33)31-25(15-20-9-5-4-6-10-20)27(34)18-30-26-17-29(2,3)28(35)23-14-13-22(16-24(23)26)32-21-11-7-8-12-21/h4-6,9-10,13-14,16,21,25-27,30,32,34H,7-8,11-12,15,17-18H2,1-3H3,(H,31,33)/t25?,26-,27+/m0/s1. The van der Waals surface area contributed by atoms with Crippen LogP contribution in [0.25, 0.3) is 0 Å². The Morgan fingerprint density at radius 3 is 2.51 bits per heavy atom. The molecule has 2 aromatic rings. The van der Waals surface area contributed by atoms with E-state index in [1.807, 2.05) is 56.3 Å². The summed E-state index contributed by atoms with van der Waals surface area (Å²) in [5, 5.41) is 21.2. The molecule has 4 N–H and O–H groups in total. The first kappa shape index (κ1) is 25.4. The highest BCUT2D eigenvalue weighted by molar-refractivity contribution is 6.03. The van der Waals surface area contributed by atoms with E-state index in [0.29, 0.717) is 25.4 Å². The molecule has 6 nitrogen and oxygen atoms in total. The van der Waals surface area contributed by atoms with Crippen LogP contribution in [0.2, 0.25) is 0 Å². The van der Waals surface area contributed by atoms with Crippen LogP contribution in [0.15, 0.2) is 48.5 Å². The van der Waals surface area contributed by atoms with E-state index in [1.54, 1.807) is 0 Å². The topological polar surface area (TPSA) is 90.5 Å². The number of nitrogens with one attached hydrogen (secondary N) is 3. The fourth-order valence-electron chi connectivity index (χ4n) is 5.53. The molecule has 2 aliphatic carbocycles. The molecule has 2 aromatic carbocycles. The van der Waals surface area contributed by atoms with Crippen molar-refractivity contribution in [1.29, 1.82) is 0 Å². The number of ketones is 1. The van der Waals surface area contributed by atoms with Gasteiger partial charge in [-0.15, -0.1) is 0 Å². The van der Waals surface area contributed by atoms with Crippen LogP contribution >= 0.6 is 0 Å². The van der Waals surface area contributed by atoms with Gasteiger partial charge in [-0.25, -0.2) is 0 Å². The van der Waals surface area contributed by atoms with Crippen LogP contribution in [0.1, 0.15) is 80.4 Å². The molecule has 0 heterocycles. The predicted octanol–water partition coefficient (Wildman–Crippen LogP) is 4.39. The number of aliphatic hydroxyl groups is 1. The Kier molecular flexibility index (Phi) is 7.92. The molecule has 0 spiro atoms. The second-order valence-electron chi connectivity index (χ2n) is 10.9. The number of hydrogen-bond donors (Lipinski definition) is 4. The molecule has 4 rings (SSSR count). The quantitative estimate of drug-likeness (QED) is 0.430. The average molecular weight is 478 g/mol. The molecule has 1 fully saturated rings. The highest BCUT2D eigenvalue weighted by Gasteiger charge is 2.39. The number of fused-ring (bicyclic) bond motifs is 1. The van der Waals surface area contributed by atoms with Crippen LogP contribution < -0.4 is 16.0 Å². The van der Waals surface area contributed by atoms with Gasteiger partial charge < -0.3 is 21.1 Å². The third kappa shape index (κ3) is 6.30. The van der Waals surface area contributed by atoms with E-state index in [1.165, 1.54) is 32.6 Å². The van der Waals surface area contributed by atoms with E-state index in [2.05, 4.69) is 22.0 Å². The first-order valence-electron chi connectivity index (χ1n) is 12.9. The summed E-state index contributed by atoms with van der Waals surface area (Å²) in [4.78, 5) is 25.0. The van der Waals surface area contributed by atoms with E-state index in [9.17, 15) is 14.7 Å². The maximum absolute atomic E-state index is 13.2. The summed E-state index contributed by atoms with van der Waals surface area (Å²) < 4.78 is 0. The van der Waals surface area contributed by atoms with Crippen LogP contribution in [0.5, 0.6) is 0 Å². The zero-order valence-electron chi connectivity index (χ0n) is 21.1. The molecule has 2 aliphatic rings. The second kappa shape index (κ2) is 10.9. The number of hydrogen-bond acceptors (Lipinski definition) is 5. The van der Waals surface area contributed by atoms with E-state index in [4.69, 9.17) is 0 Å². The minimum atomic E-state index is -0.775. The summed E-state index contributed by atoms with van der Waals surface area (Å²) in [5.74, 6) is 0.000988. The first-order valence-corrected chi connectivity index (χ1v) is 12.9. The van der Waals surface area contributed by atoms with Gasteiger partial charge in [-0.3, -0.25) is 9.59 Å². The summed E-state index contributed by atoms with van der Waals surface area (Å²) in [5.41, 5.74) is 3.37. The first-order chi connectivity index (χ1) is 16.7. The summed E-state index contributed by atoms with van der Waals surface area (Å²) in [6, 6.07) is 16.0. The maximum Gasteiger partial charge on any atom is 0.217 e. The van der Waals surface area contributed by atoms with Gasteiger partial charge in [0.1, 0.15) is 0 Å². The molecule has 1 amide bonds. The van der Waals surface area contributed by atoms with Crippen molar-refractivity contribution < 1.29 is 14.7 Å². The highest BCUT2D eigenvalue weighted by Crippen LogP contribution is 2.41. The zero-order valence-corrected chi connectivity index (χ0v) is 21.1. The van der Waals surface area contributed by atoms with E-state index in [0.717, 1.165) is 22.4 Å².